The molecule has 2 rings (SSSR count). The monoisotopic (exact) mass is 222 g/mol. The molecule has 0 fully saturated rings. The van der Waals surface area contributed by atoms with E-state index in [9.17, 15) is 0 Å². The molecule has 15 heavy (non-hydrogen) atoms. The lowest BCUT2D eigenvalue weighted by molar-refractivity contribution is 1.05. The Balaban J connectivity index is 2.63. The summed E-state index contributed by atoms with van der Waals surface area (Å²) in [6.07, 6.45) is 0.902. The third-order valence-corrected chi connectivity index (χ3v) is 2.77. The maximum absolute atomic E-state index is 5.84. The van der Waals surface area contributed by atoms with Gasteiger partial charge in [0.05, 0.1) is 0 Å². The molecule has 0 bridgehead atoms. The fourth-order valence-corrected chi connectivity index (χ4v) is 2.10. The molecule has 0 saturated carbocycles. The number of fused-ring (bicyclic) bond motifs is 1. The number of para-hydroxylation sites is 1. The zero-order valence-corrected chi connectivity index (χ0v) is 9.80. The Bertz CT molecular complexity index is 460. The Hall–Kier alpha value is -1.15. The average molecular weight is 223 g/mol. The van der Waals surface area contributed by atoms with Crippen molar-refractivity contribution in [1.82, 2.24) is 4.98 Å². The predicted octanol–water partition coefficient (Wildman–Crippen LogP) is 3.02. The van der Waals surface area contributed by atoms with Gasteiger partial charge in [0.2, 0.25) is 0 Å². The minimum atomic E-state index is 0.655. The lowest BCUT2D eigenvalue weighted by atomic mass is 10.1. The molecule has 2 nitrogen and oxygen atoms in total. The highest BCUT2D eigenvalue weighted by Crippen LogP contribution is 2.28. The van der Waals surface area contributed by atoms with E-state index in [0.717, 1.165) is 12.2 Å². The molecular weight excluding hydrogens is 208 g/mol. The van der Waals surface area contributed by atoms with Crippen LogP contribution in [0.4, 0.5) is 5.82 Å². The number of aromatic nitrogens is 1. The van der Waals surface area contributed by atoms with Crippen LogP contribution in [-0.4, -0.2) is 25.0 Å². The minimum absolute atomic E-state index is 0.655. The summed E-state index contributed by atoms with van der Waals surface area (Å²) in [6.45, 7) is 0. The van der Waals surface area contributed by atoms with Crippen LogP contribution in [0.25, 0.3) is 10.9 Å². The van der Waals surface area contributed by atoms with Crippen LogP contribution < -0.4 is 4.90 Å². The first-order valence-corrected chi connectivity index (χ1v) is 5.60. The Morgan fingerprint density at radius 1 is 1.27 bits per heavy atom. The van der Waals surface area contributed by atoms with Gasteiger partial charge in [0, 0.05) is 36.4 Å². The number of hydrogen-bond acceptors (Lipinski definition) is 1. The Morgan fingerprint density at radius 2 is 2.00 bits per heavy atom. The molecule has 1 aromatic carbocycles. The van der Waals surface area contributed by atoms with Crippen molar-refractivity contribution in [3.8, 4) is 0 Å². The van der Waals surface area contributed by atoms with Gasteiger partial charge in [-0.15, -0.1) is 11.6 Å². The summed E-state index contributed by atoms with van der Waals surface area (Å²) in [5.41, 5.74) is 2.49. The number of hydrogen-bond donors (Lipinski definition) is 1. The van der Waals surface area contributed by atoms with E-state index < -0.39 is 0 Å². The van der Waals surface area contributed by atoms with Crippen molar-refractivity contribution in [2.45, 2.75) is 6.42 Å². The summed E-state index contributed by atoms with van der Waals surface area (Å²) >= 11 is 5.84. The molecule has 0 aliphatic carbocycles. The van der Waals surface area contributed by atoms with Gasteiger partial charge >= 0.3 is 0 Å². The first kappa shape index (κ1) is 10.4. The Morgan fingerprint density at radius 3 is 2.67 bits per heavy atom. The van der Waals surface area contributed by atoms with E-state index in [1.165, 1.54) is 16.5 Å². The van der Waals surface area contributed by atoms with E-state index in [2.05, 4.69) is 28.1 Å². The van der Waals surface area contributed by atoms with E-state index in [1.54, 1.807) is 0 Å². The molecule has 1 aromatic heterocycles. The van der Waals surface area contributed by atoms with Crippen LogP contribution >= 0.6 is 11.6 Å². The van der Waals surface area contributed by atoms with Gasteiger partial charge in [-0.1, -0.05) is 18.2 Å². The van der Waals surface area contributed by atoms with Crippen LogP contribution in [0.5, 0.6) is 0 Å². The normalized spacial score (nSPS) is 10.9. The highest BCUT2D eigenvalue weighted by Gasteiger charge is 2.11. The van der Waals surface area contributed by atoms with Gasteiger partial charge in [-0.2, -0.15) is 0 Å². The number of anilines is 1. The van der Waals surface area contributed by atoms with Crippen molar-refractivity contribution in [3.05, 3.63) is 29.8 Å². The quantitative estimate of drug-likeness (QED) is 0.792. The standard InChI is InChI=1S/C12H15ClN2/c1-15(2)12-10(7-8-13)9-5-3-4-6-11(9)14-12/h3-6,14H,7-8H2,1-2H3. The van der Waals surface area contributed by atoms with Crippen molar-refractivity contribution in [1.29, 1.82) is 0 Å². The second-order valence-corrected chi connectivity index (χ2v) is 4.21. The van der Waals surface area contributed by atoms with Gasteiger partial charge in [0.25, 0.3) is 0 Å². The molecule has 0 radical (unpaired) electrons. The molecular formula is C12H15ClN2. The van der Waals surface area contributed by atoms with E-state index >= 15 is 0 Å². The third kappa shape index (κ3) is 1.82. The van der Waals surface area contributed by atoms with E-state index in [4.69, 9.17) is 11.6 Å². The number of benzene rings is 1. The first-order chi connectivity index (χ1) is 7.24. The van der Waals surface area contributed by atoms with Crippen molar-refractivity contribution in [3.63, 3.8) is 0 Å². The summed E-state index contributed by atoms with van der Waals surface area (Å²) in [5, 5.41) is 1.28. The van der Waals surface area contributed by atoms with E-state index in [-0.39, 0.29) is 0 Å². The molecule has 0 unspecified atom stereocenters. The molecule has 80 valence electrons. The fraction of sp³-hybridized carbons (Fsp3) is 0.333. The molecule has 2 aromatic rings. The SMILES string of the molecule is CN(C)c1[nH]c2ccccc2c1CCCl. The van der Waals surface area contributed by atoms with Crippen LogP contribution in [0, 0.1) is 0 Å². The third-order valence-electron chi connectivity index (χ3n) is 2.58. The van der Waals surface area contributed by atoms with Crippen LogP contribution in [0.1, 0.15) is 5.56 Å². The number of nitrogens with one attached hydrogen (secondary N) is 1. The largest absolute Gasteiger partial charge is 0.364 e. The molecule has 3 heteroatoms. The highest BCUT2D eigenvalue weighted by atomic mass is 35.5. The summed E-state index contributed by atoms with van der Waals surface area (Å²) in [5.74, 6) is 1.82. The lowest BCUT2D eigenvalue weighted by Crippen LogP contribution is -2.11. The van der Waals surface area contributed by atoms with Crippen molar-refractivity contribution >= 4 is 28.3 Å². The summed E-state index contributed by atoms with van der Waals surface area (Å²) in [7, 11) is 4.09. The maximum Gasteiger partial charge on any atom is 0.109 e. The molecule has 0 aliphatic rings. The average Bonchev–Trinajstić information content (AvgIpc) is 2.58. The molecule has 0 amide bonds. The smallest absolute Gasteiger partial charge is 0.109 e. The second-order valence-electron chi connectivity index (χ2n) is 3.83. The molecule has 0 spiro atoms. The molecule has 1 N–H and O–H groups in total. The number of H-pyrrole nitrogens is 1. The molecule has 0 aliphatic heterocycles. The Kier molecular flexibility index (Phi) is 2.87. The Labute approximate surface area is 94.8 Å². The van der Waals surface area contributed by atoms with Crippen LogP contribution in [0.15, 0.2) is 24.3 Å². The number of rotatable bonds is 3. The van der Waals surface area contributed by atoms with Crippen molar-refractivity contribution in [2.24, 2.45) is 0 Å². The zero-order chi connectivity index (χ0) is 10.8. The predicted molar refractivity (Wildman–Crippen MR) is 67.0 cm³/mol. The van der Waals surface area contributed by atoms with Crippen molar-refractivity contribution in [2.75, 3.05) is 24.9 Å². The van der Waals surface area contributed by atoms with Crippen LogP contribution in [0.2, 0.25) is 0 Å². The summed E-state index contributed by atoms with van der Waals surface area (Å²) in [4.78, 5) is 5.51. The van der Waals surface area contributed by atoms with Crippen molar-refractivity contribution < 1.29 is 0 Å². The summed E-state index contributed by atoms with van der Waals surface area (Å²) < 4.78 is 0. The van der Waals surface area contributed by atoms with Gasteiger partial charge in [-0.05, 0) is 12.5 Å². The topological polar surface area (TPSA) is 19.0 Å². The van der Waals surface area contributed by atoms with Gasteiger partial charge in [-0.3, -0.25) is 0 Å². The van der Waals surface area contributed by atoms with Gasteiger partial charge in [-0.25, -0.2) is 0 Å². The van der Waals surface area contributed by atoms with Crippen LogP contribution in [0.3, 0.4) is 0 Å². The minimum Gasteiger partial charge on any atom is -0.364 e. The number of halogens is 1. The number of alkyl halides is 1. The fourth-order valence-electron chi connectivity index (χ4n) is 1.92. The molecule has 0 atom stereocenters. The molecule has 0 saturated heterocycles. The zero-order valence-electron chi connectivity index (χ0n) is 9.05. The molecule has 1 heterocycles. The van der Waals surface area contributed by atoms with Crippen LogP contribution in [-0.2, 0) is 6.42 Å². The summed E-state index contributed by atoms with van der Waals surface area (Å²) in [6, 6.07) is 8.34. The lowest BCUT2D eigenvalue weighted by Gasteiger charge is -2.12. The highest BCUT2D eigenvalue weighted by molar-refractivity contribution is 6.18. The number of aromatic amines is 1. The number of aryl methyl sites for hydroxylation is 1. The van der Waals surface area contributed by atoms with Gasteiger partial charge in [0.15, 0.2) is 0 Å². The number of nitrogens with zero attached hydrogens (tertiary/aromatic N) is 1. The van der Waals surface area contributed by atoms with E-state index in [0.29, 0.717) is 5.88 Å². The second kappa shape index (κ2) is 4.15. The van der Waals surface area contributed by atoms with Gasteiger partial charge < -0.3 is 9.88 Å². The maximum atomic E-state index is 5.84. The van der Waals surface area contributed by atoms with Gasteiger partial charge in [0.1, 0.15) is 5.82 Å². The first-order valence-electron chi connectivity index (χ1n) is 5.07. The van der Waals surface area contributed by atoms with E-state index in [1.807, 2.05) is 20.2 Å².